The Kier molecular flexibility index (Phi) is 8.42. The summed E-state index contributed by atoms with van der Waals surface area (Å²) in [5.41, 5.74) is 1.70. The largest absolute Gasteiger partial charge is 0.369 e. The van der Waals surface area contributed by atoms with Crippen molar-refractivity contribution < 1.29 is 18.6 Å². The third kappa shape index (κ3) is 4.22. The van der Waals surface area contributed by atoms with Gasteiger partial charge in [0.15, 0.2) is 0 Å². The molecule has 0 fully saturated rings. The highest BCUT2D eigenvalue weighted by molar-refractivity contribution is 7.64. The molecular weight excluding hydrogens is 342 g/mol. The van der Waals surface area contributed by atoms with Crippen LogP contribution in [0.5, 0.6) is 0 Å². The molecule has 4 nitrogen and oxygen atoms in total. The second-order valence-electron chi connectivity index (χ2n) is 5.97. The Morgan fingerprint density at radius 3 is 1.25 bits per heavy atom. The lowest BCUT2D eigenvalue weighted by Gasteiger charge is -2.31. The molecule has 0 aromatic heterocycles. The fourth-order valence-electron chi connectivity index (χ4n) is 3.22. The van der Waals surface area contributed by atoms with Crippen molar-refractivity contribution in [1.29, 1.82) is 0 Å². The molecule has 0 amide bonds. The Labute approximate surface area is 147 Å². The summed E-state index contributed by atoms with van der Waals surface area (Å²) >= 11 is 0. The Morgan fingerprint density at radius 1 is 0.750 bits per heavy atom. The summed E-state index contributed by atoms with van der Waals surface area (Å²) in [4.78, 5) is 0. The molecule has 1 aromatic carbocycles. The van der Waals surface area contributed by atoms with E-state index in [9.17, 15) is 9.13 Å². The fraction of sp³-hybridized carbons (Fsp3) is 0.667. The van der Waals surface area contributed by atoms with Gasteiger partial charge in [0.1, 0.15) is 26.0 Å². The normalized spacial score (nSPS) is 15.2. The zero-order valence-corrected chi connectivity index (χ0v) is 17.6. The molecular formula is C18H32O4P2. The van der Waals surface area contributed by atoms with Crippen LogP contribution in [0.2, 0.25) is 0 Å². The molecule has 0 saturated heterocycles. The van der Waals surface area contributed by atoms with Crippen LogP contribution in [0.1, 0.15) is 50.5 Å². The van der Waals surface area contributed by atoms with Gasteiger partial charge >= 0.3 is 0 Å². The highest BCUT2D eigenvalue weighted by atomic mass is 31.2. The van der Waals surface area contributed by atoms with Crippen molar-refractivity contribution in [2.24, 2.45) is 0 Å². The van der Waals surface area contributed by atoms with Crippen molar-refractivity contribution in [2.75, 3.05) is 38.9 Å². The standard InChI is InChI=1S/C18H32O4P2/c1-7-23(19,8-2)17(21-5)15-13-11-12-14-16(15)18(22-6)24(20,9-3)10-4/h11-14,17-18H,7-10H2,1-6H3. The average molecular weight is 374 g/mol. The van der Waals surface area contributed by atoms with Gasteiger partial charge in [0, 0.05) is 38.9 Å². The van der Waals surface area contributed by atoms with E-state index in [1.807, 2.05) is 52.0 Å². The van der Waals surface area contributed by atoms with E-state index >= 15 is 0 Å². The maximum Gasteiger partial charge on any atom is 0.135 e. The molecule has 0 bridgehead atoms. The van der Waals surface area contributed by atoms with Gasteiger partial charge in [-0.25, -0.2) is 0 Å². The van der Waals surface area contributed by atoms with E-state index in [2.05, 4.69) is 0 Å². The third-order valence-electron chi connectivity index (χ3n) is 4.97. The van der Waals surface area contributed by atoms with Gasteiger partial charge in [-0.1, -0.05) is 52.0 Å². The van der Waals surface area contributed by atoms with Crippen LogP contribution in [0.4, 0.5) is 0 Å². The van der Waals surface area contributed by atoms with E-state index < -0.39 is 26.0 Å². The summed E-state index contributed by atoms with van der Waals surface area (Å²) in [7, 11) is -1.86. The Hall–Kier alpha value is -0.400. The number of rotatable bonds is 10. The SMILES string of the molecule is CCP(=O)(CC)C(OC)c1ccccc1C(OC)P(=O)(CC)CC. The topological polar surface area (TPSA) is 52.6 Å². The van der Waals surface area contributed by atoms with E-state index in [0.717, 1.165) is 11.1 Å². The lowest BCUT2D eigenvalue weighted by Crippen LogP contribution is -2.14. The minimum absolute atomic E-state index is 0.483. The molecule has 1 aromatic rings. The van der Waals surface area contributed by atoms with Crippen LogP contribution in [0, 0.1) is 0 Å². The van der Waals surface area contributed by atoms with E-state index in [-0.39, 0.29) is 0 Å². The molecule has 2 atom stereocenters. The van der Waals surface area contributed by atoms with Crippen LogP contribution >= 0.6 is 14.3 Å². The Bertz CT molecular complexity index is 546. The molecule has 0 saturated carbocycles. The molecule has 0 spiro atoms. The molecule has 0 N–H and O–H groups in total. The Balaban J connectivity index is 3.53. The van der Waals surface area contributed by atoms with E-state index in [0.29, 0.717) is 24.6 Å². The lowest BCUT2D eigenvalue weighted by molar-refractivity contribution is 0.147. The van der Waals surface area contributed by atoms with Gasteiger partial charge in [-0.05, 0) is 11.1 Å². The zero-order valence-electron chi connectivity index (χ0n) is 15.8. The van der Waals surface area contributed by atoms with Gasteiger partial charge in [-0.15, -0.1) is 0 Å². The maximum absolute atomic E-state index is 13.3. The molecule has 0 radical (unpaired) electrons. The quantitative estimate of drug-likeness (QED) is 0.487. The van der Waals surface area contributed by atoms with Gasteiger partial charge in [0.05, 0.1) is 0 Å². The fourth-order valence-corrected chi connectivity index (χ4v) is 7.69. The van der Waals surface area contributed by atoms with Crippen LogP contribution in [0.3, 0.4) is 0 Å². The van der Waals surface area contributed by atoms with Crippen molar-refractivity contribution in [2.45, 2.75) is 39.4 Å². The first-order valence-corrected chi connectivity index (χ1v) is 13.0. The molecule has 0 aliphatic carbocycles. The third-order valence-corrected chi connectivity index (χ3v) is 11.9. The van der Waals surface area contributed by atoms with E-state index in [4.69, 9.17) is 9.47 Å². The van der Waals surface area contributed by atoms with Gasteiger partial charge in [-0.3, -0.25) is 0 Å². The van der Waals surface area contributed by atoms with Crippen molar-refractivity contribution in [1.82, 2.24) is 0 Å². The number of ether oxygens (including phenoxy) is 2. The average Bonchev–Trinajstić information content (AvgIpc) is 2.63. The van der Waals surface area contributed by atoms with Gasteiger partial charge in [-0.2, -0.15) is 0 Å². The molecule has 24 heavy (non-hydrogen) atoms. The molecule has 1 rings (SSSR count). The van der Waals surface area contributed by atoms with Crippen LogP contribution in [-0.2, 0) is 18.6 Å². The summed E-state index contributed by atoms with van der Waals surface area (Å²) < 4.78 is 38.0. The molecule has 2 unspecified atom stereocenters. The summed E-state index contributed by atoms with van der Waals surface area (Å²) in [6, 6.07) is 7.69. The van der Waals surface area contributed by atoms with Crippen molar-refractivity contribution >= 4 is 14.3 Å². The summed E-state index contributed by atoms with van der Waals surface area (Å²) in [6.07, 6.45) is 2.31. The number of hydrogen-bond acceptors (Lipinski definition) is 4. The Morgan fingerprint density at radius 2 is 1.04 bits per heavy atom. The molecule has 6 heteroatoms. The second-order valence-corrected chi connectivity index (χ2v) is 13.3. The predicted octanol–water partition coefficient (Wildman–Crippen LogP) is 5.78. The molecule has 0 aliphatic heterocycles. The minimum atomic E-state index is -2.53. The second kappa shape index (κ2) is 9.34. The summed E-state index contributed by atoms with van der Waals surface area (Å²) in [5, 5.41) is 0. The molecule has 0 heterocycles. The smallest absolute Gasteiger partial charge is 0.135 e. The lowest BCUT2D eigenvalue weighted by atomic mass is 10.1. The van der Waals surface area contributed by atoms with Crippen LogP contribution in [0.25, 0.3) is 0 Å². The zero-order chi connectivity index (χ0) is 18.4. The first kappa shape index (κ1) is 21.6. The van der Waals surface area contributed by atoms with Gasteiger partial charge < -0.3 is 18.6 Å². The van der Waals surface area contributed by atoms with Crippen molar-refractivity contribution in [3.8, 4) is 0 Å². The minimum Gasteiger partial charge on any atom is -0.369 e. The monoisotopic (exact) mass is 374 g/mol. The van der Waals surface area contributed by atoms with Crippen LogP contribution in [-0.4, -0.2) is 38.9 Å². The number of methoxy groups -OCH3 is 2. The summed E-state index contributed by atoms with van der Waals surface area (Å²) in [5.74, 6) is -0.966. The first-order chi connectivity index (χ1) is 11.4. The van der Waals surface area contributed by atoms with E-state index in [1.54, 1.807) is 14.2 Å². The highest BCUT2D eigenvalue weighted by Gasteiger charge is 2.38. The van der Waals surface area contributed by atoms with Crippen LogP contribution < -0.4 is 0 Å². The summed E-state index contributed by atoms with van der Waals surface area (Å²) in [6.45, 7) is 7.76. The predicted molar refractivity (Wildman–Crippen MR) is 103 cm³/mol. The number of benzene rings is 1. The molecule has 138 valence electrons. The first-order valence-electron chi connectivity index (χ1n) is 8.67. The van der Waals surface area contributed by atoms with Crippen molar-refractivity contribution in [3.63, 3.8) is 0 Å². The van der Waals surface area contributed by atoms with Crippen molar-refractivity contribution in [3.05, 3.63) is 35.4 Å². The number of hydrogen-bond donors (Lipinski definition) is 0. The van der Waals surface area contributed by atoms with E-state index in [1.165, 1.54) is 0 Å². The van der Waals surface area contributed by atoms with Gasteiger partial charge in [0.2, 0.25) is 0 Å². The van der Waals surface area contributed by atoms with Crippen LogP contribution in [0.15, 0.2) is 24.3 Å². The maximum atomic E-state index is 13.3. The van der Waals surface area contributed by atoms with Gasteiger partial charge in [0.25, 0.3) is 0 Å². The molecule has 0 aliphatic rings. The highest BCUT2D eigenvalue weighted by Crippen LogP contribution is 2.63.